The highest BCUT2D eigenvalue weighted by Crippen LogP contribution is 2.22. The Balaban J connectivity index is 1.63. The molecule has 0 heterocycles. The zero-order valence-electron chi connectivity index (χ0n) is 20.7. The Bertz CT molecular complexity index is 1230. The van der Waals surface area contributed by atoms with Gasteiger partial charge in [-0.2, -0.15) is 16.9 Å². The molecule has 3 rings (SSSR count). The maximum atomic E-state index is 12.9. The number of rotatable bonds is 11. The molecule has 0 aliphatic rings. The monoisotopic (exact) mass is 566 g/mol. The van der Waals surface area contributed by atoms with Crippen LogP contribution in [0.1, 0.15) is 49.9 Å². The summed E-state index contributed by atoms with van der Waals surface area (Å²) in [6, 6.07) is 18.5. The van der Waals surface area contributed by atoms with Gasteiger partial charge in [0.2, 0.25) is 0 Å². The van der Waals surface area contributed by atoms with Gasteiger partial charge in [-0.25, -0.2) is 5.43 Å². The lowest BCUT2D eigenvalue weighted by atomic mass is 10.1. The first-order valence-electron chi connectivity index (χ1n) is 11.8. The van der Waals surface area contributed by atoms with Gasteiger partial charge in [-0.05, 0) is 72.2 Å². The molecule has 0 bridgehead atoms. The Morgan fingerprint density at radius 1 is 0.972 bits per heavy atom. The van der Waals surface area contributed by atoms with Gasteiger partial charge in [0.15, 0.2) is 0 Å². The molecular weight excluding hydrogens is 536 g/mol. The van der Waals surface area contributed by atoms with Crippen LogP contribution in [0.2, 0.25) is 0 Å². The first kappa shape index (κ1) is 27.6. The van der Waals surface area contributed by atoms with Gasteiger partial charge < -0.3 is 10.6 Å². The van der Waals surface area contributed by atoms with Gasteiger partial charge in [0, 0.05) is 28.9 Å². The molecule has 0 aliphatic heterocycles. The molecule has 0 atom stereocenters. The minimum Gasteiger partial charge on any atom is -0.321 e. The number of carbonyl (C=O) groups is 2. The van der Waals surface area contributed by atoms with Gasteiger partial charge in [0.25, 0.3) is 11.8 Å². The molecule has 3 N–H and O–H groups in total. The number of benzene rings is 3. The van der Waals surface area contributed by atoms with Gasteiger partial charge in [-0.1, -0.05) is 53.2 Å². The Hall–Kier alpha value is -2.94. The average molecular weight is 568 g/mol. The van der Waals surface area contributed by atoms with Gasteiger partial charge in [0.05, 0.1) is 17.5 Å². The van der Waals surface area contributed by atoms with Crippen molar-refractivity contribution in [2.24, 2.45) is 5.10 Å². The largest absolute Gasteiger partial charge is 0.321 e. The van der Waals surface area contributed by atoms with Gasteiger partial charge in [-0.3, -0.25) is 9.59 Å². The van der Waals surface area contributed by atoms with E-state index < -0.39 is 5.91 Å². The second-order valence-electron chi connectivity index (χ2n) is 8.26. The number of nitrogens with zero attached hydrogens (tertiary/aromatic N) is 1. The minimum atomic E-state index is -0.422. The molecule has 6 nitrogen and oxygen atoms in total. The molecule has 3 aromatic rings. The first-order valence-corrected chi connectivity index (χ1v) is 13.7. The van der Waals surface area contributed by atoms with Crippen LogP contribution in [0.3, 0.4) is 0 Å². The highest BCUT2D eigenvalue weighted by molar-refractivity contribution is 9.10. The summed E-state index contributed by atoms with van der Waals surface area (Å²) in [6.07, 6.45) is 1.60. The third-order valence-electron chi connectivity index (χ3n) is 5.56. The summed E-state index contributed by atoms with van der Waals surface area (Å²) in [5.41, 5.74) is 8.12. The van der Waals surface area contributed by atoms with E-state index in [9.17, 15) is 9.59 Å². The molecule has 0 aliphatic carbocycles. The quantitative estimate of drug-likeness (QED) is 0.153. The molecule has 0 spiro atoms. The van der Waals surface area contributed by atoms with E-state index in [4.69, 9.17) is 0 Å². The van der Waals surface area contributed by atoms with Crippen LogP contribution in [0, 0.1) is 13.8 Å². The Morgan fingerprint density at radius 2 is 1.75 bits per heavy atom. The smallest absolute Gasteiger partial charge is 0.273 e. The zero-order valence-corrected chi connectivity index (χ0v) is 23.1. The number of thioether (sulfide) groups is 1. The molecule has 188 valence electrons. The molecule has 0 radical (unpaired) electrons. The van der Waals surface area contributed by atoms with E-state index in [1.165, 1.54) is 5.56 Å². The van der Waals surface area contributed by atoms with Crippen LogP contribution < -0.4 is 16.1 Å². The summed E-state index contributed by atoms with van der Waals surface area (Å²) in [5.74, 6) is 1.49. The lowest BCUT2D eigenvalue weighted by Crippen LogP contribution is -2.21. The van der Waals surface area contributed by atoms with E-state index in [-0.39, 0.29) is 5.91 Å². The van der Waals surface area contributed by atoms with Crippen molar-refractivity contribution in [3.05, 3.63) is 98.5 Å². The molecule has 0 aromatic heterocycles. The van der Waals surface area contributed by atoms with Crippen molar-refractivity contribution in [3.8, 4) is 0 Å². The lowest BCUT2D eigenvalue weighted by molar-refractivity contribution is 0.0956. The number of hydrogen-bond donors (Lipinski definition) is 3. The molecule has 0 saturated heterocycles. The average Bonchev–Trinajstić information content (AvgIpc) is 2.87. The standard InChI is InChI=1S/C28H31BrN4O2S/c1-4-36-14-13-30-17-21-7-9-23(10-8-21)27(34)32-26-12-11-24(29)16-25(26)28(35)33-31-18-22-6-5-19(2)20(3)15-22/h5-12,15-16,18,30H,4,13-14,17H2,1-3H3,(H,32,34)(H,33,35). The normalized spacial score (nSPS) is 11.0. The summed E-state index contributed by atoms with van der Waals surface area (Å²) in [6.45, 7) is 7.93. The van der Waals surface area contributed by atoms with Crippen molar-refractivity contribution >= 4 is 51.4 Å². The third kappa shape index (κ3) is 8.33. The SMILES string of the molecule is CCSCCNCc1ccc(C(=O)Nc2ccc(Br)cc2C(=O)NN=Cc2ccc(C)c(C)c2)cc1. The number of aryl methyl sites for hydroxylation is 2. The molecule has 36 heavy (non-hydrogen) atoms. The van der Waals surface area contributed by atoms with Crippen LogP contribution in [0.5, 0.6) is 0 Å². The number of hydrogen-bond acceptors (Lipinski definition) is 5. The van der Waals surface area contributed by atoms with Crippen molar-refractivity contribution in [3.63, 3.8) is 0 Å². The number of carbonyl (C=O) groups excluding carboxylic acids is 2. The van der Waals surface area contributed by atoms with E-state index >= 15 is 0 Å². The van der Waals surface area contributed by atoms with Crippen molar-refractivity contribution in [1.29, 1.82) is 0 Å². The predicted octanol–water partition coefficient (Wildman–Crippen LogP) is 5.92. The van der Waals surface area contributed by atoms with E-state index in [1.807, 2.05) is 55.9 Å². The summed E-state index contributed by atoms with van der Waals surface area (Å²) in [7, 11) is 0. The maximum absolute atomic E-state index is 12.9. The fourth-order valence-corrected chi connectivity index (χ4v) is 4.31. The topological polar surface area (TPSA) is 82.6 Å². The Morgan fingerprint density at radius 3 is 2.47 bits per heavy atom. The number of amides is 2. The van der Waals surface area contributed by atoms with Crippen molar-refractivity contribution < 1.29 is 9.59 Å². The third-order valence-corrected chi connectivity index (χ3v) is 6.95. The highest BCUT2D eigenvalue weighted by Gasteiger charge is 2.15. The van der Waals surface area contributed by atoms with Crippen LogP contribution in [-0.4, -0.2) is 36.1 Å². The van der Waals surface area contributed by atoms with Crippen molar-refractivity contribution in [2.75, 3.05) is 23.4 Å². The molecule has 0 saturated carbocycles. The van der Waals surface area contributed by atoms with E-state index in [0.29, 0.717) is 16.8 Å². The Labute approximate surface area is 225 Å². The number of anilines is 1. The number of hydrazone groups is 1. The zero-order chi connectivity index (χ0) is 25.9. The van der Waals surface area contributed by atoms with E-state index in [2.05, 4.69) is 44.0 Å². The van der Waals surface area contributed by atoms with Crippen LogP contribution in [0.15, 0.2) is 70.2 Å². The lowest BCUT2D eigenvalue weighted by Gasteiger charge is -2.11. The molecular formula is C28H31BrN4O2S. The predicted molar refractivity (Wildman–Crippen MR) is 154 cm³/mol. The fraction of sp³-hybridized carbons (Fsp3) is 0.250. The number of halogens is 1. The highest BCUT2D eigenvalue weighted by atomic mass is 79.9. The summed E-state index contributed by atoms with van der Waals surface area (Å²) >= 11 is 5.30. The van der Waals surface area contributed by atoms with Crippen molar-refractivity contribution in [2.45, 2.75) is 27.3 Å². The number of nitrogens with one attached hydrogen (secondary N) is 3. The van der Waals surface area contributed by atoms with Crippen molar-refractivity contribution in [1.82, 2.24) is 10.7 Å². The summed E-state index contributed by atoms with van der Waals surface area (Å²) < 4.78 is 0.720. The van der Waals surface area contributed by atoms with Gasteiger partial charge in [-0.15, -0.1) is 0 Å². The second-order valence-corrected chi connectivity index (χ2v) is 10.6. The maximum Gasteiger partial charge on any atom is 0.273 e. The molecule has 0 fully saturated rings. The molecule has 0 unspecified atom stereocenters. The van der Waals surface area contributed by atoms with Gasteiger partial charge in [0.1, 0.15) is 0 Å². The second kappa shape index (κ2) is 14.0. The minimum absolute atomic E-state index is 0.288. The summed E-state index contributed by atoms with van der Waals surface area (Å²) in [5, 5.41) is 10.3. The van der Waals surface area contributed by atoms with Crippen LogP contribution >= 0.6 is 27.7 Å². The molecule has 2 amide bonds. The van der Waals surface area contributed by atoms with E-state index in [1.54, 1.807) is 36.5 Å². The Kier molecular flexibility index (Phi) is 10.7. The first-order chi connectivity index (χ1) is 17.4. The fourth-order valence-electron chi connectivity index (χ4n) is 3.37. The van der Waals surface area contributed by atoms with Crippen LogP contribution in [0.4, 0.5) is 5.69 Å². The summed E-state index contributed by atoms with van der Waals surface area (Å²) in [4.78, 5) is 25.7. The molecule has 3 aromatic carbocycles. The van der Waals surface area contributed by atoms with E-state index in [0.717, 1.165) is 45.8 Å². The molecule has 8 heteroatoms. The van der Waals surface area contributed by atoms with Gasteiger partial charge >= 0.3 is 0 Å². The van der Waals surface area contributed by atoms with Crippen LogP contribution in [0.25, 0.3) is 0 Å². The van der Waals surface area contributed by atoms with Crippen LogP contribution in [-0.2, 0) is 6.54 Å².